The van der Waals surface area contributed by atoms with Gasteiger partial charge in [-0.3, -0.25) is 9.97 Å². The van der Waals surface area contributed by atoms with Crippen molar-refractivity contribution >= 4 is 17.1 Å². The number of aromatic nitrogens is 5. The average Bonchev–Trinajstić information content (AvgIpc) is 3.21. The molecule has 0 atom stereocenters. The Morgan fingerprint density at radius 3 is 1.50 bits per heavy atom. The Balaban J connectivity index is 1.08. The van der Waals surface area contributed by atoms with Crippen LogP contribution in [0.25, 0.3) is 34.2 Å². The Hall–Kier alpha value is -6.21. The van der Waals surface area contributed by atoms with Crippen LogP contribution in [0.5, 0.6) is 11.5 Å². The molecule has 7 heteroatoms. The van der Waals surface area contributed by atoms with E-state index in [4.69, 9.17) is 19.7 Å². The molecular weight excluding hydrogens is 617 g/mol. The second kappa shape index (κ2) is 12.7. The normalized spacial score (nSPS) is 14.7. The van der Waals surface area contributed by atoms with Gasteiger partial charge in [-0.15, -0.1) is 0 Å². The highest BCUT2D eigenvalue weighted by molar-refractivity contribution is 5.86. The van der Waals surface area contributed by atoms with E-state index in [2.05, 4.69) is 87.7 Å². The number of hydrogen-bond acceptors (Lipinski definition) is 7. The zero-order valence-corrected chi connectivity index (χ0v) is 27.5. The number of benzene rings is 4. The lowest BCUT2D eigenvalue weighted by Gasteiger charge is -2.39. The lowest BCUT2D eigenvalue weighted by Crippen LogP contribution is -2.30. The molecule has 242 valence electrons. The first-order chi connectivity index (χ1) is 24.7. The lowest BCUT2D eigenvalue weighted by atomic mass is 9.65. The third-order valence-electron chi connectivity index (χ3n) is 9.99. The third-order valence-corrected chi connectivity index (χ3v) is 9.99. The summed E-state index contributed by atoms with van der Waals surface area (Å²) >= 11 is 0. The van der Waals surface area contributed by atoms with Gasteiger partial charge >= 0.3 is 0 Å². The van der Waals surface area contributed by atoms with Crippen molar-refractivity contribution in [3.05, 3.63) is 157 Å². The summed E-state index contributed by atoms with van der Waals surface area (Å²) in [4.78, 5) is 25.5. The summed E-state index contributed by atoms with van der Waals surface area (Å²) in [6.45, 7) is 0. The Morgan fingerprint density at radius 1 is 0.480 bits per heavy atom. The minimum absolute atomic E-state index is 0.0724. The summed E-state index contributed by atoms with van der Waals surface area (Å²) in [6.07, 6.45) is 12.9. The predicted molar refractivity (Wildman–Crippen MR) is 197 cm³/mol. The first-order valence-corrected chi connectivity index (χ1v) is 17.2. The first kappa shape index (κ1) is 29.9. The molecule has 0 spiro atoms. The molecule has 1 saturated carbocycles. The number of rotatable bonds is 6. The fourth-order valence-electron chi connectivity index (χ4n) is 7.50. The van der Waals surface area contributed by atoms with E-state index in [1.165, 1.54) is 30.4 Å². The standard InChI is InChI=1S/C43H34N6O/c1-6-24-43(25-7-1,34-20-22-35(23-21-34)49-36-12-2-4-14-38(36)50-39-15-5-3-13-37(39)49)33-18-16-30(17-19-33)40-46-41(31-10-8-26-44-28-31)48-42(47-40)32-11-9-27-45-29-32/h2-5,8-23,26-29H,1,6-7,24-25H2. The molecule has 1 aliphatic heterocycles. The van der Waals surface area contributed by atoms with Crippen molar-refractivity contribution in [2.45, 2.75) is 37.5 Å². The van der Waals surface area contributed by atoms with Crippen LogP contribution >= 0.6 is 0 Å². The van der Waals surface area contributed by atoms with Crippen LogP contribution in [0.4, 0.5) is 17.1 Å². The van der Waals surface area contributed by atoms with Gasteiger partial charge in [0.05, 0.1) is 11.4 Å². The number of nitrogens with zero attached hydrogens (tertiary/aromatic N) is 6. The molecule has 4 heterocycles. The first-order valence-electron chi connectivity index (χ1n) is 17.2. The molecule has 1 aliphatic carbocycles. The molecule has 0 bridgehead atoms. The van der Waals surface area contributed by atoms with E-state index in [0.717, 1.165) is 58.1 Å². The van der Waals surface area contributed by atoms with Crippen molar-refractivity contribution in [3.63, 3.8) is 0 Å². The maximum atomic E-state index is 6.26. The van der Waals surface area contributed by atoms with E-state index in [1.54, 1.807) is 24.8 Å². The van der Waals surface area contributed by atoms with Crippen molar-refractivity contribution in [2.24, 2.45) is 0 Å². The quantitative estimate of drug-likeness (QED) is 0.177. The third kappa shape index (κ3) is 5.37. The molecule has 7 nitrogen and oxygen atoms in total. The molecule has 4 aromatic carbocycles. The van der Waals surface area contributed by atoms with Gasteiger partial charge in [-0.2, -0.15) is 0 Å². The van der Waals surface area contributed by atoms with Crippen LogP contribution in [-0.2, 0) is 5.41 Å². The van der Waals surface area contributed by atoms with Gasteiger partial charge in [-0.25, -0.2) is 15.0 Å². The zero-order valence-electron chi connectivity index (χ0n) is 27.5. The largest absolute Gasteiger partial charge is 0.453 e. The van der Waals surface area contributed by atoms with E-state index >= 15 is 0 Å². The van der Waals surface area contributed by atoms with Gasteiger partial charge < -0.3 is 9.64 Å². The Bertz CT molecular complexity index is 2170. The van der Waals surface area contributed by atoms with Gasteiger partial charge in [-0.05, 0) is 84.6 Å². The van der Waals surface area contributed by atoms with Crippen LogP contribution in [0.2, 0.25) is 0 Å². The second-order valence-corrected chi connectivity index (χ2v) is 12.9. The van der Waals surface area contributed by atoms with E-state index < -0.39 is 0 Å². The molecule has 1 fully saturated rings. The zero-order chi connectivity index (χ0) is 33.3. The van der Waals surface area contributed by atoms with Crippen molar-refractivity contribution in [3.8, 4) is 45.7 Å². The monoisotopic (exact) mass is 650 g/mol. The predicted octanol–water partition coefficient (Wildman–Crippen LogP) is 10.5. The molecule has 50 heavy (non-hydrogen) atoms. The van der Waals surface area contributed by atoms with E-state index in [-0.39, 0.29) is 5.41 Å². The van der Waals surface area contributed by atoms with E-state index in [9.17, 15) is 0 Å². The molecule has 7 aromatic rings. The van der Waals surface area contributed by atoms with Gasteiger partial charge in [0.2, 0.25) is 0 Å². The Morgan fingerprint density at radius 2 is 0.980 bits per heavy atom. The average molecular weight is 651 g/mol. The second-order valence-electron chi connectivity index (χ2n) is 12.9. The number of anilines is 3. The summed E-state index contributed by atoms with van der Waals surface area (Å²) in [5.74, 6) is 3.51. The van der Waals surface area contributed by atoms with Gasteiger partial charge in [0.25, 0.3) is 0 Å². The summed E-state index contributed by atoms with van der Waals surface area (Å²) in [5.41, 5.74) is 8.41. The topological polar surface area (TPSA) is 76.9 Å². The highest BCUT2D eigenvalue weighted by atomic mass is 16.5. The maximum Gasteiger partial charge on any atom is 0.165 e. The Labute approximate surface area is 291 Å². The lowest BCUT2D eigenvalue weighted by molar-refractivity contribution is 0.346. The fraction of sp³-hybridized carbons (Fsp3) is 0.140. The van der Waals surface area contributed by atoms with Crippen molar-refractivity contribution in [1.82, 2.24) is 24.9 Å². The molecule has 2 aliphatic rings. The number of fused-ring (bicyclic) bond motifs is 2. The number of hydrogen-bond donors (Lipinski definition) is 0. The Kier molecular flexibility index (Phi) is 7.58. The molecule has 0 unspecified atom stereocenters. The molecular formula is C43H34N6O. The van der Waals surface area contributed by atoms with Crippen molar-refractivity contribution in [1.29, 1.82) is 0 Å². The summed E-state index contributed by atoms with van der Waals surface area (Å²) in [7, 11) is 0. The van der Waals surface area contributed by atoms with Crippen LogP contribution < -0.4 is 9.64 Å². The maximum absolute atomic E-state index is 6.26. The molecule has 3 aromatic heterocycles. The minimum atomic E-state index is -0.0724. The highest BCUT2D eigenvalue weighted by Gasteiger charge is 2.36. The van der Waals surface area contributed by atoms with E-state index in [0.29, 0.717) is 17.5 Å². The van der Waals surface area contributed by atoms with Crippen molar-refractivity contribution < 1.29 is 4.74 Å². The van der Waals surface area contributed by atoms with Crippen LogP contribution in [0.15, 0.2) is 146 Å². The van der Waals surface area contributed by atoms with Crippen LogP contribution in [-0.4, -0.2) is 24.9 Å². The van der Waals surface area contributed by atoms with Gasteiger partial charge in [0.1, 0.15) is 0 Å². The van der Waals surface area contributed by atoms with E-state index in [1.807, 2.05) is 48.5 Å². The molecule has 0 radical (unpaired) electrons. The van der Waals surface area contributed by atoms with Gasteiger partial charge in [0.15, 0.2) is 29.0 Å². The molecule has 0 amide bonds. The highest BCUT2D eigenvalue weighted by Crippen LogP contribution is 2.51. The summed E-state index contributed by atoms with van der Waals surface area (Å²) in [6, 6.07) is 42.3. The van der Waals surface area contributed by atoms with Crippen molar-refractivity contribution in [2.75, 3.05) is 4.90 Å². The van der Waals surface area contributed by atoms with Crippen LogP contribution in [0.3, 0.4) is 0 Å². The minimum Gasteiger partial charge on any atom is -0.453 e. The number of ether oxygens (including phenoxy) is 1. The van der Waals surface area contributed by atoms with Gasteiger partial charge in [0, 0.05) is 52.6 Å². The van der Waals surface area contributed by atoms with Crippen LogP contribution in [0.1, 0.15) is 43.2 Å². The molecule has 0 N–H and O–H groups in total. The van der Waals surface area contributed by atoms with Crippen LogP contribution in [0, 0.1) is 0 Å². The summed E-state index contributed by atoms with van der Waals surface area (Å²) in [5, 5.41) is 0. The molecule has 9 rings (SSSR count). The SMILES string of the molecule is c1cncc(-c2nc(-c3ccc(C4(c5ccc(N6c7ccccc7Oc7ccccc76)cc5)CCCCC4)cc3)nc(-c3cccnc3)n2)c1. The summed E-state index contributed by atoms with van der Waals surface area (Å²) < 4.78 is 6.26. The van der Waals surface area contributed by atoms with Gasteiger partial charge in [-0.1, -0.05) is 79.9 Å². The smallest absolute Gasteiger partial charge is 0.165 e. The molecule has 0 saturated heterocycles. The fourth-order valence-corrected chi connectivity index (χ4v) is 7.50. The number of pyridine rings is 2. The number of para-hydroxylation sites is 4.